The van der Waals surface area contributed by atoms with E-state index in [-0.39, 0.29) is 17.8 Å². The third kappa shape index (κ3) is 5.71. The topological polar surface area (TPSA) is 114 Å². The molecule has 168 valence electrons. The Kier molecular flexibility index (Phi) is 7.11. The van der Waals surface area contributed by atoms with Crippen molar-refractivity contribution in [1.82, 2.24) is 15.3 Å². The summed E-state index contributed by atoms with van der Waals surface area (Å²) < 4.78 is 30.6. The first-order valence-corrected chi connectivity index (χ1v) is 11.9. The highest BCUT2D eigenvalue weighted by Crippen LogP contribution is 2.25. The van der Waals surface area contributed by atoms with Crippen LogP contribution in [0.2, 0.25) is 0 Å². The monoisotopic (exact) mass is 447 g/mol. The Morgan fingerprint density at radius 1 is 1.26 bits per heavy atom. The van der Waals surface area contributed by atoms with E-state index >= 15 is 0 Å². The summed E-state index contributed by atoms with van der Waals surface area (Å²) in [5, 5.41) is 4.71. The predicted octanol–water partition coefficient (Wildman–Crippen LogP) is 2.44. The number of amides is 2. The smallest absolute Gasteiger partial charge is 0.318 e. The van der Waals surface area contributed by atoms with Crippen molar-refractivity contribution in [3.8, 4) is 11.4 Å². The minimum Gasteiger partial charge on any atom is -0.377 e. The molecular weight excluding hydrogens is 418 g/mol. The van der Waals surface area contributed by atoms with E-state index in [1.54, 1.807) is 51.2 Å². The number of carbonyl (C=O) groups excluding carboxylic acids is 1. The summed E-state index contributed by atoms with van der Waals surface area (Å²) in [6, 6.07) is 8.66. The molecule has 0 spiro atoms. The number of anilines is 2. The van der Waals surface area contributed by atoms with Crippen LogP contribution in [0.15, 0.2) is 30.3 Å². The molecule has 1 atom stereocenters. The van der Waals surface area contributed by atoms with Crippen molar-refractivity contribution >= 4 is 27.4 Å². The second kappa shape index (κ2) is 9.61. The highest BCUT2D eigenvalue weighted by atomic mass is 32.2. The second-order valence-electron chi connectivity index (χ2n) is 7.80. The summed E-state index contributed by atoms with van der Waals surface area (Å²) >= 11 is 0. The number of aromatic nitrogens is 2. The van der Waals surface area contributed by atoms with Crippen molar-refractivity contribution < 1.29 is 17.9 Å². The van der Waals surface area contributed by atoms with Crippen LogP contribution in [-0.2, 0) is 20.3 Å². The van der Waals surface area contributed by atoms with Crippen LogP contribution in [0.1, 0.15) is 26.5 Å². The van der Waals surface area contributed by atoms with Crippen LogP contribution >= 0.6 is 0 Å². The first-order chi connectivity index (χ1) is 14.7. The van der Waals surface area contributed by atoms with Gasteiger partial charge in [-0.25, -0.2) is 23.2 Å². The Morgan fingerprint density at radius 3 is 2.58 bits per heavy atom. The Hall–Kier alpha value is -2.72. The fourth-order valence-electron chi connectivity index (χ4n) is 3.17. The lowest BCUT2D eigenvalue weighted by molar-refractivity contribution is 0.0985. The van der Waals surface area contributed by atoms with Gasteiger partial charge in [0.2, 0.25) is 0 Å². The quantitative estimate of drug-likeness (QED) is 0.699. The average molecular weight is 448 g/mol. The van der Waals surface area contributed by atoms with Crippen LogP contribution in [0.5, 0.6) is 0 Å². The number of rotatable bonds is 6. The van der Waals surface area contributed by atoms with E-state index < -0.39 is 15.1 Å². The number of ether oxygens (including phenoxy) is 1. The summed E-state index contributed by atoms with van der Waals surface area (Å²) in [7, 11) is -1.78. The molecule has 3 rings (SSSR count). The van der Waals surface area contributed by atoms with Gasteiger partial charge in [-0.1, -0.05) is 0 Å². The molecule has 1 aliphatic rings. The molecule has 0 aliphatic carbocycles. The molecular formula is C21H29N5O4S. The first-order valence-electron chi connectivity index (χ1n) is 10.2. The van der Waals surface area contributed by atoms with Gasteiger partial charge < -0.3 is 20.3 Å². The molecule has 1 aliphatic heterocycles. The molecule has 0 saturated carbocycles. The molecule has 0 bridgehead atoms. The molecule has 2 heterocycles. The summed E-state index contributed by atoms with van der Waals surface area (Å²) in [4.78, 5) is 22.9. The molecule has 0 radical (unpaired) electrons. The van der Waals surface area contributed by atoms with Gasteiger partial charge in [0.15, 0.2) is 15.7 Å². The van der Waals surface area contributed by atoms with E-state index in [1.807, 2.05) is 6.92 Å². The number of nitrogens with one attached hydrogen (secondary N) is 2. The van der Waals surface area contributed by atoms with Crippen molar-refractivity contribution in [3.05, 3.63) is 36.0 Å². The van der Waals surface area contributed by atoms with E-state index in [9.17, 15) is 13.2 Å². The lowest BCUT2D eigenvalue weighted by Crippen LogP contribution is -2.44. The number of urea groups is 1. The van der Waals surface area contributed by atoms with Crippen molar-refractivity contribution in [3.63, 3.8) is 0 Å². The van der Waals surface area contributed by atoms with Crippen LogP contribution in [-0.4, -0.2) is 62.5 Å². The molecule has 10 heteroatoms. The van der Waals surface area contributed by atoms with E-state index in [4.69, 9.17) is 9.72 Å². The number of benzene rings is 1. The van der Waals surface area contributed by atoms with Gasteiger partial charge >= 0.3 is 6.03 Å². The fraction of sp³-hybridized carbons (Fsp3) is 0.476. The Morgan fingerprint density at radius 2 is 1.97 bits per heavy atom. The van der Waals surface area contributed by atoms with Crippen molar-refractivity contribution in [2.75, 3.05) is 37.0 Å². The van der Waals surface area contributed by atoms with Crippen molar-refractivity contribution in [2.45, 2.75) is 37.8 Å². The number of hydrogen-bond donors (Lipinski definition) is 2. The number of morpholine rings is 1. The lowest BCUT2D eigenvalue weighted by atomic mass is 10.2. The van der Waals surface area contributed by atoms with Crippen molar-refractivity contribution in [1.29, 1.82) is 0 Å². The minimum atomic E-state index is -3.32. The molecule has 31 heavy (non-hydrogen) atoms. The van der Waals surface area contributed by atoms with Gasteiger partial charge in [0.1, 0.15) is 5.82 Å². The van der Waals surface area contributed by atoms with Gasteiger partial charge in [0, 0.05) is 30.9 Å². The van der Waals surface area contributed by atoms with Crippen LogP contribution in [0.25, 0.3) is 11.4 Å². The fourth-order valence-corrected chi connectivity index (χ4v) is 4.06. The Bertz CT molecular complexity index is 1020. The Balaban J connectivity index is 1.99. The van der Waals surface area contributed by atoms with E-state index in [2.05, 4.69) is 20.5 Å². The predicted molar refractivity (Wildman–Crippen MR) is 121 cm³/mol. The first kappa shape index (κ1) is 23.0. The molecule has 1 aromatic heterocycles. The number of nitrogens with zero attached hydrogens (tertiary/aromatic N) is 3. The molecule has 2 aromatic rings. The van der Waals surface area contributed by atoms with E-state index in [0.29, 0.717) is 42.8 Å². The SMILES string of the molecule is CNC(=O)Nc1ccc(-c2nc(CS(=O)(=O)C(C)C)cc(N3CCOC[C@@H]3C)n2)cc1. The maximum absolute atomic E-state index is 12.5. The van der Waals surface area contributed by atoms with Gasteiger partial charge in [-0.15, -0.1) is 0 Å². The highest BCUT2D eigenvalue weighted by molar-refractivity contribution is 7.91. The van der Waals surface area contributed by atoms with Gasteiger partial charge in [-0.3, -0.25) is 0 Å². The third-order valence-corrected chi connectivity index (χ3v) is 7.26. The van der Waals surface area contributed by atoms with Crippen LogP contribution in [0, 0.1) is 0 Å². The molecule has 0 unspecified atom stereocenters. The second-order valence-corrected chi connectivity index (χ2v) is 10.4. The number of carbonyl (C=O) groups is 1. The lowest BCUT2D eigenvalue weighted by Gasteiger charge is -2.34. The minimum absolute atomic E-state index is 0.116. The zero-order chi connectivity index (χ0) is 22.6. The van der Waals surface area contributed by atoms with Gasteiger partial charge in [-0.2, -0.15) is 0 Å². The van der Waals surface area contributed by atoms with Gasteiger partial charge in [0.05, 0.1) is 36.0 Å². The molecule has 9 nitrogen and oxygen atoms in total. The van der Waals surface area contributed by atoms with Crippen LogP contribution < -0.4 is 15.5 Å². The standard InChI is InChI=1S/C21H29N5O4S/c1-14(2)31(28,29)13-18-11-19(26-9-10-30-12-15(26)3)25-20(23-18)16-5-7-17(8-6-16)24-21(27)22-4/h5-8,11,14-15H,9-10,12-13H2,1-4H3,(H2,22,24,27)/t15-/m0/s1. The molecule has 1 fully saturated rings. The van der Waals surface area contributed by atoms with E-state index in [1.165, 1.54) is 0 Å². The maximum atomic E-state index is 12.5. The Labute approximate surface area is 183 Å². The van der Waals surface area contributed by atoms with Gasteiger partial charge in [0.25, 0.3) is 0 Å². The zero-order valence-electron chi connectivity index (χ0n) is 18.3. The maximum Gasteiger partial charge on any atom is 0.318 e. The van der Waals surface area contributed by atoms with E-state index in [0.717, 1.165) is 5.56 Å². The summed E-state index contributed by atoms with van der Waals surface area (Å²) in [5.74, 6) is 0.973. The average Bonchev–Trinajstić information content (AvgIpc) is 2.74. The summed E-state index contributed by atoms with van der Waals surface area (Å²) in [5.41, 5.74) is 1.82. The summed E-state index contributed by atoms with van der Waals surface area (Å²) in [6.07, 6.45) is 0. The van der Waals surface area contributed by atoms with Crippen LogP contribution in [0.3, 0.4) is 0 Å². The highest BCUT2D eigenvalue weighted by Gasteiger charge is 2.24. The summed E-state index contributed by atoms with van der Waals surface area (Å²) in [6.45, 7) is 7.22. The molecule has 2 N–H and O–H groups in total. The largest absolute Gasteiger partial charge is 0.377 e. The molecule has 2 amide bonds. The molecule has 1 aromatic carbocycles. The third-order valence-electron chi connectivity index (χ3n) is 5.12. The zero-order valence-corrected chi connectivity index (χ0v) is 19.1. The number of hydrogen-bond acceptors (Lipinski definition) is 7. The van der Waals surface area contributed by atoms with Crippen molar-refractivity contribution in [2.24, 2.45) is 0 Å². The molecule has 1 saturated heterocycles. The van der Waals surface area contributed by atoms with Crippen LogP contribution in [0.4, 0.5) is 16.3 Å². The van der Waals surface area contributed by atoms with Gasteiger partial charge in [-0.05, 0) is 45.0 Å². The number of sulfone groups is 1. The normalized spacial score (nSPS) is 16.9.